The molecule has 2 aliphatic rings. The van der Waals surface area contributed by atoms with Crippen LogP contribution in [0.1, 0.15) is 32.7 Å². The SMILES string of the molecule is CN1C(=O)[C@@H](N2CCc3c(nn(Cc4ccccc4)c3Cl)C2=O)COc2cc(C#Cc3ccncc3)ccc21. The molecule has 0 radical (unpaired) electrons. The van der Waals surface area contributed by atoms with Crippen LogP contribution >= 0.6 is 11.6 Å². The third-order valence-corrected chi connectivity index (χ3v) is 7.39. The van der Waals surface area contributed by atoms with Crippen LogP contribution in [0.15, 0.2) is 73.1 Å². The molecular weight excluding hydrogens is 514 g/mol. The molecule has 39 heavy (non-hydrogen) atoms. The van der Waals surface area contributed by atoms with E-state index in [0.717, 1.165) is 16.7 Å². The van der Waals surface area contributed by atoms with Crippen LogP contribution in [0.4, 0.5) is 5.69 Å². The van der Waals surface area contributed by atoms with E-state index < -0.39 is 6.04 Å². The predicted octanol–water partition coefficient (Wildman–Crippen LogP) is 3.80. The van der Waals surface area contributed by atoms with E-state index >= 15 is 0 Å². The summed E-state index contributed by atoms with van der Waals surface area (Å²) in [6.45, 7) is 0.821. The van der Waals surface area contributed by atoms with E-state index in [2.05, 4.69) is 21.9 Å². The number of benzene rings is 2. The number of likely N-dealkylation sites (N-methyl/N-ethyl adjacent to an activating group) is 1. The summed E-state index contributed by atoms with van der Waals surface area (Å²) in [7, 11) is 1.69. The van der Waals surface area contributed by atoms with Crippen molar-refractivity contribution in [2.75, 3.05) is 25.1 Å². The van der Waals surface area contributed by atoms with Gasteiger partial charge in [-0.3, -0.25) is 14.6 Å². The molecule has 194 valence electrons. The Morgan fingerprint density at radius 1 is 1.03 bits per heavy atom. The molecular formula is C30H24ClN5O3. The normalized spacial score (nSPS) is 16.5. The van der Waals surface area contributed by atoms with E-state index in [4.69, 9.17) is 16.3 Å². The number of carbonyl (C=O) groups is 2. The zero-order valence-corrected chi connectivity index (χ0v) is 21.9. The smallest absolute Gasteiger partial charge is 0.275 e. The standard InChI is InChI=1S/C30H24ClN5O3/c1-34-24-10-9-21(8-7-20-11-14-32-15-12-20)17-26(24)39-19-25(29(34)37)35-16-13-23-27(30(35)38)33-36(28(23)31)18-22-5-3-2-4-6-22/h2-6,9-12,14-15,17,25H,13,16,18-19H2,1H3/t25-/m0/s1. The van der Waals surface area contributed by atoms with Gasteiger partial charge in [-0.15, -0.1) is 0 Å². The number of anilines is 1. The first kappa shape index (κ1) is 24.7. The van der Waals surface area contributed by atoms with Crippen molar-refractivity contribution in [3.8, 4) is 17.6 Å². The van der Waals surface area contributed by atoms with Crippen LogP contribution in [-0.4, -0.2) is 57.7 Å². The van der Waals surface area contributed by atoms with Crippen molar-refractivity contribution >= 4 is 29.1 Å². The maximum Gasteiger partial charge on any atom is 0.275 e. The maximum absolute atomic E-state index is 13.6. The second-order valence-electron chi connectivity index (χ2n) is 9.40. The first-order valence-electron chi connectivity index (χ1n) is 12.6. The van der Waals surface area contributed by atoms with Gasteiger partial charge in [-0.2, -0.15) is 5.10 Å². The number of amides is 2. The number of aromatic nitrogens is 3. The van der Waals surface area contributed by atoms with Gasteiger partial charge < -0.3 is 14.5 Å². The number of hydrogen-bond donors (Lipinski definition) is 0. The summed E-state index contributed by atoms with van der Waals surface area (Å²) in [6.07, 6.45) is 3.89. The van der Waals surface area contributed by atoms with E-state index in [-0.39, 0.29) is 24.1 Å². The quantitative estimate of drug-likeness (QED) is 0.371. The molecule has 2 aromatic heterocycles. The van der Waals surface area contributed by atoms with Gasteiger partial charge in [-0.05, 0) is 42.3 Å². The molecule has 0 saturated heterocycles. The summed E-state index contributed by atoms with van der Waals surface area (Å²) >= 11 is 6.63. The van der Waals surface area contributed by atoms with Crippen LogP contribution in [-0.2, 0) is 17.8 Å². The highest BCUT2D eigenvalue weighted by Gasteiger charge is 2.40. The van der Waals surface area contributed by atoms with Crippen LogP contribution in [0.25, 0.3) is 0 Å². The molecule has 0 spiro atoms. The maximum atomic E-state index is 13.6. The van der Waals surface area contributed by atoms with Gasteiger partial charge in [0.05, 0.1) is 12.2 Å². The molecule has 0 fully saturated rings. The summed E-state index contributed by atoms with van der Waals surface area (Å²) in [6, 6.07) is 18.2. The monoisotopic (exact) mass is 537 g/mol. The number of halogens is 1. The highest BCUT2D eigenvalue weighted by Crippen LogP contribution is 2.34. The van der Waals surface area contributed by atoms with Crippen molar-refractivity contribution < 1.29 is 14.3 Å². The lowest BCUT2D eigenvalue weighted by Gasteiger charge is -2.33. The van der Waals surface area contributed by atoms with E-state index in [0.29, 0.717) is 41.7 Å². The first-order valence-corrected chi connectivity index (χ1v) is 12.9. The number of pyridine rings is 1. The fraction of sp³-hybridized carbons (Fsp3) is 0.200. The number of ether oxygens (including phenoxy) is 1. The molecule has 2 amide bonds. The van der Waals surface area contributed by atoms with Crippen molar-refractivity contribution in [1.29, 1.82) is 0 Å². The lowest BCUT2D eigenvalue weighted by Crippen LogP contribution is -2.54. The van der Waals surface area contributed by atoms with E-state index in [1.807, 2.05) is 60.7 Å². The second kappa shape index (κ2) is 10.3. The van der Waals surface area contributed by atoms with Gasteiger partial charge in [0, 0.05) is 42.7 Å². The lowest BCUT2D eigenvalue weighted by atomic mass is 10.0. The van der Waals surface area contributed by atoms with Crippen molar-refractivity contribution in [3.63, 3.8) is 0 Å². The molecule has 0 aliphatic carbocycles. The Morgan fingerprint density at radius 3 is 2.59 bits per heavy atom. The topological polar surface area (TPSA) is 80.6 Å². The van der Waals surface area contributed by atoms with Crippen LogP contribution in [0.3, 0.4) is 0 Å². The molecule has 4 aromatic rings. The third-order valence-electron chi connectivity index (χ3n) is 6.96. The Hall–Kier alpha value is -4.61. The number of rotatable bonds is 3. The summed E-state index contributed by atoms with van der Waals surface area (Å²) in [4.78, 5) is 34.2. The molecule has 0 saturated carbocycles. The molecule has 8 nitrogen and oxygen atoms in total. The molecule has 0 N–H and O–H groups in total. The van der Waals surface area contributed by atoms with Gasteiger partial charge in [-0.25, -0.2) is 4.68 Å². The number of nitrogens with zero attached hydrogens (tertiary/aromatic N) is 5. The van der Waals surface area contributed by atoms with E-state index in [9.17, 15) is 9.59 Å². The Kier molecular flexibility index (Phi) is 6.51. The lowest BCUT2D eigenvalue weighted by molar-refractivity contribution is -0.123. The molecule has 2 aromatic carbocycles. The molecule has 9 heteroatoms. The summed E-state index contributed by atoms with van der Waals surface area (Å²) < 4.78 is 7.75. The summed E-state index contributed by atoms with van der Waals surface area (Å²) in [5.41, 5.74) is 4.25. The van der Waals surface area contributed by atoms with E-state index in [1.165, 1.54) is 4.90 Å². The molecule has 0 unspecified atom stereocenters. The minimum absolute atomic E-state index is 0.0247. The second-order valence-corrected chi connectivity index (χ2v) is 9.76. The molecule has 1 atom stereocenters. The fourth-order valence-electron chi connectivity index (χ4n) is 4.87. The van der Waals surface area contributed by atoms with Crippen molar-refractivity contribution in [2.24, 2.45) is 0 Å². The number of fused-ring (bicyclic) bond motifs is 2. The van der Waals surface area contributed by atoms with Crippen LogP contribution in [0.2, 0.25) is 5.15 Å². The first-order chi connectivity index (χ1) is 19.0. The van der Waals surface area contributed by atoms with Crippen molar-refractivity contribution in [3.05, 3.63) is 106 Å². The summed E-state index contributed by atoms with van der Waals surface area (Å²) in [5, 5.41) is 5.00. The Balaban J connectivity index is 1.23. The fourth-order valence-corrected chi connectivity index (χ4v) is 5.15. The van der Waals surface area contributed by atoms with Gasteiger partial charge in [0.2, 0.25) is 0 Å². The highest BCUT2D eigenvalue weighted by molar-refractivity contribution is 6.31. The highest BCUT2D eigenvalue weighted by atomic mass is 35.5. The number of hydrogen-bond acceptors (Lipinski definition) is 5. The minimum Gasteiger partial charge on any atom is -0.489 e. The van der Waals surface area contributed by atoms with Gasteiger partial charge in [0.25, 0.3) is 11.8 Å². The molecule has 6 rings (SSSR count). The number of carbonyl (C=O) groups excluding carboxylic acids is 2. The van der Waals surface area contributed by atoms with Crippen molar-refractivity contribution in [2.45, 2.75) is 19.0 Å². The van der Waals surface area contributed by atoms with Crippen LogP contribution < -0.4 is 9.64 Å². The Labute approximate surface area is 230 Å². The summed E-state index contributed by atoms with van der Waals surface area (Å²) in [5.74, 6) is 6.22. The average molecular weight is 538 g/mol. The Morgan fingerprint density at radius 2 is 1.79 bits per heavy atom. The van der Waals surface area contributed by atoms with Gasteiger partial charge in [0.1, 0.15) is 23.6 Å². The van der Waals surface area contributed by atoms with Crippen LogP contribution in [0, 0.1) is 11.8 Å². The zero-order chi connectivity index (χ0) is 26.9. The van der Waals surface area contributed by atoms with Crippen LogP contribution in [0.5, 0.6) is 5.75 Å². The largest absolute Gasteiger partial charge is 0.489 e. The van der Waals surface area contributed by atoms with Crippen molar-refractivity contribution in [1.82, 2.24) is 19.7 Å². The predicted molar refractivity (Wildman–Crippen MR) is 147 cm³/mol. The zero-order valence-electron chi connectivity index (χ0n) is 21.2. The van der Waals surface area contributed by atoms with Gasteiger partial charge >= 0.3 is 0 Å². The minimum atomic E-state index is -0.799. The van der Waals surface area contributed by atoms with Gasteiger partial charge in [-0.1, -0.05) is 53.8 Å². The molecule has 4 heterocycles. The van der Waals surface area contributed by atoms with E-state index in [1.54, 1.807) is 29.0 Å². The Bertz CT molecular complexity index is 1630. The molecule has 0 bridgehead atoms. The third kappa shape index (κ3) is 4.73. The molecule has 2 aliphatic heterocycles. The average Bonchev–Trinajstić information content (AvgIpc) is 3.22. The van der Waals surface area contributed by atoms with Gasteiger partial charge in [0.15, 0.2) is 5.69 Å².